The molecular formula is C12H18N2O5. The molecule has 0 saturated carbocycles. The van der Waals surface area contributed by atoms with Gasteiger partial charge in [-0.15, -0.1) is 0 Å². The number of carbonyl (C=O) groups is 1. The molecule has 7 heteroatoms. The number of nitrogens with zero attached hydrogens (tertiary/aromatic N) is 2. The van der Waals surface area contributed by atoms with Crippen molar-refractivity contribution in [2.24, 2.45) is 0 Å². The minimum atomic E-state index is -0.615. The van der Waals surface area contributed by atoms with Crippen molar-refractivity contribution >= 4 is 5.97 Å². The molecule has 0 aliphatic rings. The molecule has 0 radical (unpaired) electrons. The van der Waals surface area contributed by atoms with Crippen molar-refractivity contribution in [3.05, 3.63) is 11.9 Å². The van der Waals surface area contributed by atoms with Crippen LogP contribution in [0.1, 0.15) is 25.1 Å². The predicted octanol–water partition coefficient (Wildman–Crippen LogP) is 0.523. The topological polar surface area (TPSA) is 90.8 Å². The average molecular weight is 270 g/mol. The summed E-state index contributed by atoms with van der Waals surface area (Å²) in [5.74, 6) is -0.186. The number of carbonyl (C=O) groups excluding carboxylic acids is 1. The van der Waals surface area contributed by atoms with Gasteiger partial charge in [0.25, 0.3) is 0 Å². The van der Waals surface area contributed by atoms with Crippen molar-refractivity contribution in [1.82, 2.24) is 9.97 Å². The van der Waals surface area contributed by atoms with Crippen molar-refractivity contribution < 1.29 is 24.1 Å². The maximum Gasteiger partial charge on any atom is 0.316 e. The van der Waals surface area contributed by atoms with E-state index in [9.17, 15) is 4.79 Å². The lowest BCUT2D eigenvalue weighted by Gasteiger charge is -2.14. The molecule has 1 N–H and O–H groups in total. The van der Waals surface area contributed by atoms with Gasteiger partial charge in [0.05, 0.1) is 26.9 Å². The largest absolute Gasteiger partial charge is 0.481 e. The molecular weight excluding hydrogens is 252 g/mol. The Morgan fingerprint density at radius 1 is 1.32 bits per heavy atom. The molecule has 0 bridgehead atoms. The van der Waals surface area contributed by atoms with Gasteiger partial charge >= 0.3 is 5.97 Å². The quantitative estimate of drug-likeness (QED) is 0.722. The SMILES string of the molecule is CCC(C(=O)OCCO)c1nc(OC)cc(OC)n1. The fourth-order valence-electron chi connectivity index (χ4n) is 1.49. The number of aromatic nitrogens is 2. The molecule has 0 aliphatic heterocycles. The number of hydrogen-bond acceptors (Lipinski definition) is 7. The Labute approximate surface area is 111 Å². The molecule has 1 aromatic rings. The third-order valence-corrected chi connectivity index (χ3v) is 2.45. The van der Waals surface area contributed by atoms with E-state index >= 15 is 0 Å². The van der Waals surface area contributed by atoms with Crippen LogP contribution in [0.15, 0.2) is 6.07 Å². The molecule has 0 amide bonds. The second kappa shape index (κ2) is 7.52. The van der Waals surface area contributed by atoms with Crippen molar-refractivity contribution in [1.29, 1.82) is 0 Å². The molecule has 0 aromatic carbocycles. The molecule has 1 rings (SSSR count). The van der Waals surface area contributed by atoms with E-state index in [1.807, 2.05) is 6.92 Å². The van der Waals surface area contributed by atoms with Gasteiger partial charge in [0.1, 0.15) is 12.5 Å². The van der Waals surface area contributed by atoms with Crippen molar-refractivity contribution in [2.75, 3.05) is 27.4 Å². The van der Waals surface area contributed by atoms with E-state index in [2.05, 4.69) is 9.97 Å². The van der Waals surface area contributed by atoms with Gasteiger partial charge in [-0.3, -0.25) is 4.79 Å². The molecule has 0 fully saturated rings. The van der Waals surface area contributed by atoms with Gasteiger partial charge in [-0.25, -0.2) is 0 Å². The molecule has 0 saturated heterocycles. The van der Waals surface area contributed by atoms with Crippen LogP contribution in [0, 0.1) is 0 Å². The second-order valence-electron chi connectivity index (χ2n) is 3.66. The zero-order valence-corrected chi connectivity index (χ0v) is 11.3. The van der Waals surface area contributed by atoms with Crippen LogP contribution in [0.3, 0.4) is 0 Å². The van der Waals surface area contributed by atoms with E-state index in [0.717, 1.165) is 0 Å². The number of hydrogen-bond donors (Lipinski definition) is 1. The molecule has 0 aliphatic carbocycles. The van der Waals surface area contributed by atoms with Gasteiger partial charge in [0, 0.05) is 0 Å². The van der Waals surface area contributed by atoms with E-state index in [4.69, 9.17) is 19.3 Å². The van der Waals surface area contributed by atoms with Gasteiger partial charge in [-0.2, -0.15) is 9.97 Å². The van der Waals surface area contributed by atoms with Gasteiger partial charge in [0.15, 0.2) is 5.82 Å². The highest BCUT2D eigenvalue weighted by Gasteiger charge is 2.24. The first-order chi connectivity index (χ1) is 9.15. The number of rotatable bonds is 7. The summed E-state index contributed by atoms with van der Waals surface area (Å²) in [7, 11) is 2.94. The maximum atomic E-state index is 11.8. The number of aliphatic hydroxyl groups excluding tert-OH is 1. The molecule has 1 unspecified atom stereocenters. The number of methoxy groups -OCH3 is 2. The Hall–Kier alpha value is -1.89. The molecule has 1 atom stereocenters. The predicted molar refractivity (Wildman–Crippen MR) is 66.2 cm³/mol. The van der Waals surface area contributed by atoms with E-state index in [-0.39, 0.29) is 19.0 Å². The van der Waals surface area contributed by atoms with Gasteiger partial charge < -0.3 is 19.3 Å². The summed E-state index contributed by atoms with van der Waals surface area (Å²) in [6.45, 7) is 1.56. The minimum Gasteiger partial charge on any atom is -0.481 e. The van der Waals surface area contributed by atoms with Crippen LogP contribution in [0.25, 0.3) is 0 Å². The highest BCUT2D eigenvalue weighted by Crippen LogP contribution is 2.23. The van der Waals surface area contributed by atoms with Crippen LogP contribution in [0.5, 0.6) is 11.8 Å². The van der Waals surface area contributed by atoms with Crippen LogP contribution < -0.4 is 9.47 Å². The van der Waals surface area contributed by atoms with Crippen molar-refractivity contribution in [3.63, 3.8) is 0 Å². The average Bonchev–Trinajstić information content (AvgIpc) is 2.45. The first-order valence-electron chi connectivity index (χ1n) is 5.90. The Morgan fingerprint density at radius 2 is 1.89 bits per heavy atom. The van der Waals surface area contributed by atoms with Crippen LogP contribution in [-0.2, 0) is 9.53 Å². The second-order valence-corrected chi connectivity index (χ2v) is 3.66. The van der Waals surface area contributed by atoms with E-state index in [1.165, 1.54) is 20.3 Å². The fourth-order valence-corrected chi connectivity index (χ4v) is 1.49. The summed E-state index contributed by atoms with van der Waals surface area (Å²) < 4.78 is 15.0. The zero-order valence-electron chi connectivity index (χ0n) is 11.3. The molecule has 1 heterocycles. The van der Waals surface area contributed by atoms with Crippen LogP contribution in [-0.4, -0.2) is 48.5 Å². The smallest absolute Gasteiger partial charge is 0.316 e. The third kappa shape index (κ3) is 4.06. The lowest BCUT2D eigenvalue weighted by molar-refractivity contribution is -0.146. The first-order valence-corrected chi connectivity index (χ1v) is 5.90. The molecule has 1 aromatic heterocycles. The fraction of sp³-hybridized carbons (Fsp3) is 0.583. The number of aliphatic hydroxyl groups is 1. The van der Waals surface area contributed by atoms with Crippen molar-refractivity contribution in [2.45, 2.75) is 19.3 Å². The third-order valence-electron chi connectivity index (χ3n) is 2.45. The van der Waals surface area contributed by atoms with Gasteiger partial charge in [-0.05, 0) is 6.42 Å². The lowest BCUT2D eigenvalue weighted by Crippen LogP contribution is -2.19. The summed E-state index contributed by atoms with van der Waals surface area (Å²) in [4.78, 5) is 20.1. The molecule has 106 valence electrons. The summed E-state index contributed by atoms with van der Waals surface area (Å²) in [5.41, 5.74) is 0. The van der Waals surface area contributed by atoms with Crippen molar-refractivity contribution in [3.8, 4) is 11.8 Å². The summed E-state index contributed by atoms with van der Waals surface area (Å²) in [6, 6.07) is 1.52. The standard InChI is InChI=1S/C12H18N2O5/c1-4-8(12(16)19-6-5-15)11-13-9(17-2)7-10(14-11)18-3/h7-8,15H,4-6H2,1-3H3. The number of ether oxygens (including phenoxy) is 3. The Morgan fingerprint density at radius 3 is 2.32 bits per heavy atom. The summed E-state index contributed by atoms with van der Waals surface area (Å²) in [6.07, 6.45) is 0.473. The van der Waals surface area contributed by atoms with E-state index in [1.54, 1.807) is 0 Å². The monoisotopic (exact) mass is 270 g/mol. The van der Waals surface area contributed by atoms with Gasteiger partial charge in [0.2, 0.25) is 11.8 Å². The molecule has 0 spiro atoms. The van der Waals surface area contributed by atoms with Gasteiger partial charge in [-0.1, -0.05) is 6.92 Å². The van der Waals surface area contributed by atoms with Crippen LogP contribution in [0.2, 0.25) is 0 Å². The maximum absolute atomic E-state index is 11.8. The zero-order chi connectivity index (χ0) is 14.3. The normalized spacial score (nSPS) is 11.8. The number of esters is 1. The van der Waals surface area contributed by atoms with Crippen LogP contribution >= 0.6 is 0 Å². The first kappa shape index (κ1) is 15.2. The minimum absolute atomic E-state index is 0.0452. The van der Waals surface area contributed by atoms with E-state index in [0.29, 0.717) is 18.2 Å². The Bertz CT molecular complexity index is 402. The summed E-state index contributed by atoms with van der Waals surface area (Å²) in [5, 5.41) is 8.66. The van der Waals surface area contributed by atoms with Crippen LogP contribution in [0.4, 0.5) is 0 Å². The molecule has 19 heavy (non-hydrogen) atoms. The Kier molecular flexibility index (Phi) is 6.01. The highest BCUT2D eigenvalue weighted by molar-refractivity contribution is 5.77. The Balaban J connectivity index is 2.99. The van der Waals surface area contributed by atoms with E-state index < -0.39 is 11.9 Å². The summed E-state index contributed by atoms with van der Waals surface area (Å²) >= 11 is 0. The molecule has 7 nitrogen and oxygen atoms in total. The lowest BCUT2D eigenvalue weighted by atomic mass is 10.1. The highest BCUT2D eigenvalue weighted by atomic mass is 16.5.